The van der Waals surface area contributed by atoms with Crippen molar-refractivity contribution >= 4 is 23.9 Å². The van der Waals surface area contributed by atoms with Gasteiger partial charge in [0, 0.05) is 32.1 Å². The SMILES string of the molecule is CCCC/C=C\CC(CCCCCC)OC(=O)CCCCCCCCOC(=O)CCCCCCC/C=C\CC(O)CCCCCC.CCCCCC(=O)OCCCCCCCCCCC(=O)O. The summed E-state index contributed by atoms with van der Waals surface area (Å²) in [5, 5.41) is 18.5. The molecule has 0 spiro atoms. The standard InChI is InChI=1S/C41H76O5.C17H32O4/c1-4-7-10-19-27-34-39(33-26-12-9-6-3)46-41(44)36-29-22-17-18-23-30-37-45-40(43)35-28-21-16-14-13-15-20-25-32-38(42)31-24-11-8-5-2;1-2-3-10-14-17(20)21-15-12-9-7-5-4-6-8-11-13-16(18)19/h19-20,25,27,38-39,42H,4-18,21-24,26,28-37H2,1-3H3;2-15H2,1H3,(H,18,19)/b25-20-,27-19-;. The van der Waals surface area contributed by atoms with Gasteiger partial charge in [0.2, 0.25) is 0 Å². The fraction of sp³-hybridized carbons (Fsp3) is 0.862. The summed E-state index contributed by atoms with van der Waals surface area (Å²) in [6.45, 7) is 9.85. The van der Waals surface area contributed by atoms with Crippen LogP contribution in [0.1, 0.15) is 297 Å². The van der Waals surface area contributed by atoms with Gasteiger partial charge in [-0.3, -0.25) is 19.2 Å². The van der Waals surface area contributed by atoms with Crippen LogP contribution in [0.3, 0.4) is 0 Å². The lowest BCUT2D eigenvalue weighted by Gasteiger charge is -2.16. The van der Waals surface area contributed by atoms with E-state index in [1.807, 2.05) is 0 Å². The van der Waals surface area contributed by atoms with Crippen LogP contribution in [0, 0.1) is 0 Å². The smallest absolute Gasteiger partial charge is 0.306 e. The van der Waals surface area contributed by atoms with E-state index in [-0.39, 0.29) is 30.1 Å². The first-order chi connectivity index (χ1) is 32.7. The van der Waals surface area contributed by atoms with Gasteiger partial charge in [-0.1, -0.05) is 206 Å². The van der Waals surface area contributed by atoms with Gasteiger partial charge in [-0.2, -0.15) is 0 Å². The molecule has 9 nitrogen and oxygen atoms in total. The van der Waals surface area contributed by atoms with Crippen LogP contribution in [0.4, 0.5) is 0 Å². The molecule has 0 saturated heterocycles. The Morgan fingerprint density at radius 1 is 0.388 bits per heavy atom. The highest BCUT2D eigenvalue weighted by Gasteiger charge is 2.13. The molecule has 0 rings (SSSR count). The molecule has 0 heterocycles. The van der Waals surface area contributed by atoms with Crippen molar-refractivity contribution < 1.29 is 43.6 Å². The molecule has 0 aromatic heterocycles. The molecule has 0 saturated carbocycles. The van der Waals surface area contributed by atoms with Crippen LogP contribution >= 0.6 is 0 Å². The molecule has 67 heavy (non-hydrogen) atoms. The Morgan fingerprint density at radius 3 is 1.27 bits per heavy atom. The number of aliphatic hydroxyl groups excluding tert-OH is 1. The van der Waals surface area contributed by atoms with Crippen LogP contribution in [0.2, 0.25) is 0 Å². The number of aliphatic hydroxyl groups is 1. The largest absolute Gasteiger partial charge is 0.481 e. The van der Waals surface area contributed by atoms with Crippen LogP contribution in [-0.2, 0) is 33.4 Å². The summed E-state index contributed by atoms with van der Waals surface area (Å²) in [7, 11) is 0. The zero-order valence-electron chi connectivity index (χ0n) is 44.3. The van der Waals surface area contributed by atoms with Gasteiger partial charge in [0.05, 0.1) is 19.3 Å². The Labute approximate surface area is 413 Å². The second-order valence-electron chi connectivity index (χ2n) is 19.1. The molecule has 394 valence electrons. The average molecular weight is 949 g/mol. The number of esters is 3. The Kier molecular flexibility index (Phi) is 55.4. The van der Waals surface area contributed by atoms with Gasteiger partial charge in [0.25, 0.3) is 0 Å². The summed E-state index contributed by atoms with van der Waals surface area (Å²) < 4.78 is 16.5. The summed E-state index contributed by atoms with van der Waals surface area (Å²) >= 11 is 0. The number of rotatable bonds is 50. The maximum Gasteiger partial charge on any atom is 0.306 e. The lowest BCUT2D eigenvalue weighted by molar-refractivity contribution is -0.149. The molecule has 9 heteroatoms. The zero-order chi connectivity index (χ0) is 49.5. The van der Waals surface area contributed by atoms with Gasteiger partial charge in [-0.25, -0.2) is 0 Å². The van der Waals surface area contributed by atoms with Crippen molar-refractivity contribution in [2.24, 2.45) is 0 Å². The number of carboxylic acid groups (broad SMARTS) is 1. The van der Waals surface area contributed by atoms with Crippen molar-refractivity contribution in [1.82, 2.24) is 0 Å². The molecule has 2 unspecified atom stereocenters. The van der Waals surface area contributed by atoms with Crippen LogP contribution in [-0.4, -0.2) is 59.5 Å². The number of hydrogen-bond acceptors (Lipinski definition) is 8. The Hall–Kier alpha value is -2.68. The lowest BCUT2D eigenvalue weighted by atomic mass is 10.1. The highest BCUT2D eigenvalue weighted by molar-refractivity contribution is 5.70. The van der Waals surface area contributed by atoms with Gasteiger partial charge in [0.1, 0.15) is 6.10 Å². The molecule has 0 aromatic carbocycles. The fourth-order valence-corrected chi connectivity index (χ4v) is 7.87. The summed E-state index contributed by atoms with van der Waals surface area (Å²) in [4.78, 5) is 46.1. The topological polar surface area (TPSA) is 136 Å². The highest BCUT2D eigenvalue weighted by atomic mass is 16.5. The van der Waals surface area contributed by atoms with E-state index < -0.39 is 5.97 Å². The minimum atomic E-state index is -0.695. The first kappa shape index (κ1) is 66.4. The first-order valence-corrected chi connectivity index (χ1v) is 28.4. The number of carboxylic acids is 1. The summed E-state index contributed by atoms with van der Waals surface area (Å²) in [6.07, 6.45) is 51.8. The van der Waals surface area contributed by atoms with Crippen molar-refractivity contribution in [3.63, 3.8) is 0 Å². The molecule has 0 radical (unpaired) electrons. The minimum absolute atomic E-state index is 0.0269. The summed E-state index contributed by atoms with van der Waals surface area (Å²) in [6, 6.07) is 0. The Morgan fingerprint density at radius 2 is 0.761 bits per heavy atom. The number of aliphatic carboxylic acids is 1. The fourth-order valence-electron chi connectivity index (χ4n) is 7.87. The molecule has 0 amide bonds. The van der Waals surface area contributed by atoms with Crippen LogP contribution < -0.4 is 0 Å². The van der Waals surface area contributed by atoms with E-state index in [4.69, 9.17) is 19.3 Å². The van der Waals surface area contributed by atoms with E-state index in [2.05, 4.69) is 52.0 Å². The maximum absolute atomic E-state index is 12.4. The van der Waals surface area contributed by atoms with Gasteiger partial charge in [-0.15, -0.1) is 0 Å². The summed E-state index contributed by atoms with van der Waals surface area (Å²) in [5.41, 5.74) is 0. The third kappa shape index (κ3) is 57.6. The molecule has 0 fully saturated rings. The van der Waals surface area contributed by atoms with Crippen LogP contribution in [0.5, 0.6) is 0 Å². The number of unbranched alkanes of at least 4 members (excludes halogenated alkanes) is 27. The summed E-state index contributed by atoms with van der Waals surface area (Å²) in [5.74, 6) is -0.849. The molecule has 2 atom stereocenters. The number of carbonyl (C=O) groups is 4. The molecule has 0 aromatic rings. The number of ether oxygens (including phenoxy) is 3. The molecule has 0 aliphatic carbocycles. The third-order valence-corrected chi connectivity index (χ3v) is 12.3. The molecule has 0 aliphatic rings. The second-order valence-corrected chi connectivity index (χ2v) is 19.1. The molecule has 2 N–H and O–H groups in total. The predicted octanol–water partition coefficient (Wildman–Crippen LogP) is 17.0. The average Bonchev–Trinajstić information content (AvgIpc) is 3.31. The quantitative estimate of drug-likeness (QED) is 0.0264. The molecule has 0 bridgehead atoms. The highest BCUT2D eigenvalue weighted by Crippen LogP contribution is 2.17. The number of hydrogen-bond donors (Lipinski definition) is 2. The lowest BCUT2D eigenvalue weighted by Crippen LogP contribution is -2.17. The van der Waals surface area contributed by atoms with Crippen LogP contribution in [0.25, 0.3) is 0 Å². The maximum atomic E-state index is 12.4. The van der Waals surface area contributed by atoms with Crippen molar-refractivity contribution in [1.29, 1.82) is 0 Å². The Balaban J connectivity index is 0. The van der Waals surface area contributed by atoms with E-state index in [0.717, 1.165) is 161 Å². The van der Waals surface area contributed by atoms with E-state index in [1.54, 1.807) is 0 Å². The number of allylic oxidation sites excluding steroid dienone is 2. The third-order valence-electron chi connectivity index (χ3n) is 12.3. The predicted molar refractivity (Wildman–Crippen MR) is 280 cm³/mol. The van der Waals surface area contributed by atoms with Crippen LogP contribution in [0.15, 0.2) is 24.3 Å². The second kappa shape index (κ2) is 55.9. The van der Waals surface area contributed by atoms with Gasteiger partial charge in [-0.05, 0) is 83.5 Å². The van der Waals surface area contributed by atoms with E-state index in [1.165, 1.54) is 83.5 Å². The van der Waals surface area contributed by atoms with E-state index in [0.29, 0.717) is 38.9 Å². The Bertz CT molecular complexity index is 1140. The van der Waals surface area contributed by atoms with Crippen molar-refractivity contribution in [3.05, 3.63) is 24.3 Å². The van der Waals surface area contributed by atoms with Crippen molar-refractivity contribution in [2.45, 2.75) is 310 Å². The molecule has 0 aliphatic heterocycles. The van der Waals surface area contributed by atoms with Crippen molar-refractivity contribution in [2.75, 3.05) is 13.2 Å². The van der Waals surface area contributed by atoms with Crippen molar-refractivity contribution in [3.8, 4) is 0 Å². The van der Waals surface area contributed by atoms with Gasteiger partial charge < -0.3 is 24.4 Å². The minimum Gasteiger partial charge on any atom is -0.481 e. The first-order valence-electron chi connectivity index (χ1n) is 28.4. The molecular weight excluding hydrogens is 841 g/mol. The monoisotopic (exact) mass is 949 g/mol. The van der Waals surface area contributed by atoms with Gasteiger partial charge >= 0.3 is 23.9 Å². The zero-order valence-corrected chi connectivity index (χ0v) is 44.3. The normalized spacial score (nSPS) is 12.3. The van der Waals surface area contributed by atoms with Gasteiger partial charge in [0.15, 0.2) is 0 Å². The van der Waals surface area contributed by atoms with E-state index >= 15 is 0 Å². The number of carbonyl (C=O) groups excluding carboxylic acids is 3. The van der Waals surface area contributed by atoms with E-state index in [9.17, 15) is 24.3 Å². The molecular formula is C58H108O9.